The highest BCUT2D eigenvalue weighted by Crippen LogP contribution is 2.44. The van der Waals surface area contributed by atoms with Crippen LogP contribution in [0.2, 0.25) is 0 Å². The molecule has 100 valence electrons. The zero-order valence-corrected chi connectivity index (χ0v) is 12.2. The van der Waals surface area contributed by atoms with Crippen LogP contribution in [-0.2, 0) is 4.74 Å². The molecule has 2 rings (SSSR count). The van der Waals surface area contributed by atoms with E-state index >= 15 is 0 Å². The molecule has 2 atom stereocenters. The Balaban J connectivity index is 2.03. The molecule has 0 saturated heterocycles. The summed E-state index contributed by atoms with van der Waals surface area (Å²) in [5.74, 6) is 0. The molecule has 0 bridgehead atoms. The van der Waals surface area contributed by atoms with Crippen LogP contribution in [0.3, 0.4) is 0 Å². The molecule has 0 spiro atoms. The number of hydrogen-bond donors (Lipinski definition) is 1. The van der Waals surface area contributed by atoms with Gasteiger partial charge in [0.25, 0.3) is 0 Å². The van der Waals surface area contributed by atoms with Gasteiger partial charge in [-0.25, -0.2) is 0 Å². The van der Waals surface area contributed by atoms with Crippen molar-refractivity contribution in [3.8, 4) is 0 Å². The average Bonchev–Trinajstić information content (AvgIpc) is 2.30. The summed E-state index contributed by atoms with van der Waals surface area (Å²) in [4.78, 5) is 0. The molecule has 1 N–H and O–H groups in total. The van der Waals surface area contributed by atoms with Crippen molar-refractivity contribution in [2.45, 2.75) is 53.2 Å². The molecule has 1 aromatic rings. The first-order valence-corrected chi connectivity index (χ1v) is 6.90. The molecule has 1 aliphatic rings. The number of rotatable bonds is 4. The van der Waals surface area contributed by atoms with Gasteiger partial charge in [0.05, 0.1) is 6.10 Å². The van der Waals surface area contributed by atoms with Crippen molar-refractivity contribution in [2.75, 3.05) is 11.9 Å². The van der Waals surface area contributed by atoms with Gasteiger partial charge in [-0.1, -0.05) is 31.5 Å². The fourth-order valence-corrected chi connectivity index (χ4v) is 2.78. The van der Waals surface area contributed by atoms with E-state index in [0.29, 0.717) is 12.1 Å². The zero-order chi connectivity index (χ0) is 13.3. The SMILES string of the molecule is CCOC1CC(Nc2ccc(C)cc2C)C1(C)C. The van der Waals surface area contributed by atoms with Crippen molar-refractivity contribution in [1.82, 2.24) is 0 Å². The first kappa shape index (κ1) is 13.4. The molecule has 0 radical (unpaired) electrons. The van der Waals surface area contributed by atoms with Crippen molar-refractivity contribution in [3.63, 3.8) is 0 Å². The van der Waals surface area contributed by atoms with E-state index in [0.717, 1.165) is 13.0 Å². The molecule has 1 aliphatic carbocycles. The Morgan fingerprint density at radius 3 is 2.61 bits per heavy atom. The highest BCUT2D eigenvalue weighted by Gasteiger charge is 2.48. The number of ether oxygens (including phenoxy) is 1. The van der Waals surface area contributed by atoms with Crippen molar-refractivity contribution >= 4 is 5.69 Å². The van der Waals surface area contributed by atoms with Gasteiger partial charge in [0, 0.05) is 23.8 Å². The maximum absolute atomic E-state index is 5.77. The van der Waals surface area contributed by atoms with Crippen LogP contribution in [0.15, 0.2) is 18.2 Å². The minimum Gasteiger partial charge on any atom is -0.381 e. The first-order chi connectivity index (χ1) is 8.45. The van der Waals surface area contributed by atoms with Gasteiger partial charge in [-0.05, 0) is 38.8 Å². The maximum atomic E-state index is 5.77. The normalized spacial score (nSPS) is 25.6. The van der Waals surface area contributed by atoms with E-state index in [1.165, 1.54) is 16.8 Å². The molecular formula is C16H25NO. The van der Waals surface area contributed by atoms with E-state index in [1.807, 2.05) is 0 Å². The highest BCUT2D eigenvalue weighted by molar-refractivity contribution is 5.53. The average molecular weight is 247 g/mol. The number of anilines is 1. The Hall–Kier alpha value is -1.02. The van der Waals surface area contributed by atoms with Crippen LogP contribution in [0.25, 0.3) is 0 Å². The largest absolute Gasteiger partial charge is 0.381 e. The Kier molecular flexibility index (Phi) is 3.67. The molecule has 2 heteroatoms. The quantitative estimate of drug-likeness (QED) is 0.870. The Morgan fingerprint density at radius 1 is 1.33 bits per heavy atom. The Labute approximate surface area is 111 Å². The summed E-state index contributed by atoms with van der Waals surface area (Å²) in [6.45, 7) is 11.8. The standard InChI is InChI=1S/C16H25NO/c1-6-18-15-10-14(16(15,4)5)17-13-8-7-11(2)9-12(13)3/h7-9,14-15,17H,6,10H2,1-5H3. The minimum atomic E-state index is 0.216. The summed E-state index contributed by atoms with van der Waals surface area (Å²) in [5, 5.41) is 3.67. The van der Waals surface area contributed by atoms with Crippen LogP contribution in [0.1, 0.15) is 38.3 Å². The number of aryl methyl sites for hydroxylation is 2. The van der Waals surface area contributed by atoms with Crippen LogP contribution >= 0.6 is 0 Å². The predicted molar refractivity (Wildman–Crippen MR) is 77.1 cm³/mol. The third-order valence-electron chi connectivity index (χ3n) is 4.26. The highest BCUT2D eigenvalue weighted by atomic mass is 16.5. The van der Waals surface area contributed by atoms with E-state index in [1.54, 1.807) is 0 Å². The van der Waals surface area contributed by atoms with Crippen LogP contribution in [-0.4, -0.2) is 18.8 Å². The van der Waals surface area contributed by atoms with E-state index in [2.05, 4.69) is 58.1 Å². The van der Waals surface area contributed by atoms with Crippen LogP contribution in [0.5, 0.6) is 0 Å². The molecule has 1 fully saturated rings. The first-order valence-electron chi connectivity index (χ1n) is 6.90. The summed E-state index contributed by atoms with van der Waals surface area (Å²) in [7, 11) is 0. The van der Waals surface area contributed by atoms with E-state index < -0.39 is 0 Å². The molecule has 1 aromatic carbocycles. The lowest BCUT2D eigenvalue weighted by Crippen LogP contribution is -2.58. The lowest BCUT2D eigenvalue weighted by molar-refractivity contribution is -0.0976. The minimum absolute atomic E-state index is 0.216. The Morgan fingerprint density at radius 2 is 2.06 bits per heavy atom. The van der Waals surface area contributed by atoms with E-state index in [-0.39, 0.29) is 5.41 Å². The molecule has 0 amide bonds. The summed E-state index contributed by atoms with van der Waals surface area (Å²) < 4.78 is 5.77. The maximum Gasteiger partial charge on any atom is 0.0665 e. The van der Waals surface area contributed by atoms with Gasteiger partial charge in [0.2, 0.25) is 0 Å². The van der Waals surface area contributed by atoms with Crippen molar-refractivity contribution in [2.24, 2.45) is 5.41 Å². The van der Waals surface area contributed by atoms with Gasteiger partial charge in [-0.15, -0.1) is 0 Å². The number of nitrogens with one attached hydrogen (secondary N) is 1. The van der Waals surface area contributed by atoms with E-state index in [4.69, 9.17) is 4.74 Å². The Bertz CT molecular complexity index is 425. The third kappa shape index (κ3) is 2.39. The molecule has 1 saturated carbocycles. The second-order valence-electron chi connectivity index (χ2n) is 6.02. The van der Waals surface area contributed by atoms with Gasteiger partial charge < -0.3 is 10.1 Å². The summed E-state index contributed by atoms with van der Waals surface area (Å²) in [5.41, 5.74) is 4.12. The molecule has 2 unspecified atom stereocenters. The van der Waals surface area contributed by atoms with Crippen LogP contribution < -0.4 is 5.32 Å². The second kappa shape index (κ2) is 4.93. The van der Waals surface area contributed by atoms with Crippen molar-refractivity contribution < 1.29 is 4.74 Å². The predicted octanol–water partition coefficient (Wildman–Crippen LogP) is 3.92. The van der Waals surface area contributed by atoms with Gasteiger partial charge in [-0.2, -0.15) is 0 Å². The number of benzene rings is 1. The fraction of sp³-hybridized carbons (Fsp3) is 0.625. The molecule has 0 aliphatic heterocycles. The van der Waals surface area contributed by atoms with Gasteiger partial charge >= 0.3 is 0 Å². The van der Waals surface area contributed by atoms with Gasteiger partial charge in [-0.3, -0.25) is 0 Å². The molecule has 2 nitrogen and oxygen atoms in total. The summed E-state index contributed by atoms with van der Waals surface area (Å²) >= 11 is 0. The van der Waals surface area contributed by atoms with Crippen molar-refractivity contribution in [3.05, 3.63) is 29.3 Å². The monoisotopic (exact) mass is 247 g/mol. The molecule has 0 heterocycles. The van der Waals surface area contributed by atoms with E-state index in [9.17, 15) is 0 Å². The summed E-state index contributed by atoms with van der Waals surface area (Å²) in [6, 6.07) is 7.10. The topological polar surface area (TPSA) is 21.3 Å². The smallest absolute Gasteiger partial charge is 0.0665 e. The second-order valence-corrected chi connectivity index (χ2v) is 6.02. The lowest BCUT2D eigenvalue weighted by atomic mass is 9.64. The zero-order valence-electron chi connectivity index (χ0n) is 12.2. The summed E-state index contributed by atoms with van der Waals surface area (Å²) in [6.07, 6.45) is 1.50. The van der Waals surface area contributed by atoms with Gasteiger partial charge in [0.15, 0.2) is 0 Å². The van der Waals surface area contributed by atoms with Crippen LogP contribution in [0.4, 0.5) is 5.69 Å². The molecular weight excluding hydrogens is 222 g/mol. The molecule has 18 heavy (non-hydrogen) atoms. The molecule has 0 aromatic heterocycles. The van der Waals surface area contributed by atoms with Crippen molar-refractivity contribution in [1.29, 1.82) is 0 Å². The third-order valence-corrected chi connectivity index (χ3v) is 4.26. The fourth-order valence-electron chi connectivity index (χ4n) is 2.78. The number of hydrogen-bond acceptors (Lipinski definition) is 2. The van der Waals surface area contributed by atoms with Gasteiger partial charge in [0.1, 0.15) is 0 Å². The van der Waals surface area contributed by atoms with Crippen LogP contribution in [0, 0.1) is 19.3 Å². The lowest BCUT2D eigenvalue weighted by Gasteiger charge is -2.52.